The maximum atomic E-state index is 12.1. The van der Waals surface area contributed by atoms with Gasteiger partial charge in [0.15, 0.2) is 5.78 Å². The van der Waals surface area contributed by atoms with Gasteiger partial charge in [0.1, 0.15) is 5.75 Å². The Bertz CT molecular complexity index is 403. The van der Waals surface area contributed by atoms with Crippen molar-refractivity contribution >= 4 is 5.78 Å². The Balaban J connectivity index is 2.33. The van der Waals surface area contributed by atoms with Crippen molar-refractivity contribution in [1.82, 2.24) is 0 Å². The Morgan fingerprint density at radius 2 is 2.06 bits per heavy atom. The molecule has 0 aliphatic heterocycles. The van der Waals surface area contributed by atoms with Crippen LogP contribution in [0.3, 0.4) is 0 Å². The highest BCUT2D eigenvalue weighted by Crippen LogP contribution is 2.35. The van der Waals surface area contributed by atoms with Gasteiger partial charge in [0.05, 0.1) is 5.56 Å². The maximum Gasteiger partial charge on any atom is 0.169 e. The molecule has 0 aromatic heterocycles. The van der Waals surface area contributed by atoms with E-state index in [2.05, 4.69) is 0 Å². The molecular weight excluding hydrogens is 200 g/mol. The number of phenols is 1. The summed E-state index contributed by atoms with van der Waals surface area (Å²) >= 11 is 0. The monoisotopic (exact) mass is 218 g/mol. The van der Waals surface area contributed by atoms with Gasteiger partial charge in [-0.2, -0.15) is 0 Å². The van der Waals surface area contributed by atoms with Crippen LogP contribution < -0.4 is 0 Å². The first-order valence-electron chi connectivity index (χ1n) is 5.97. The standard InChI is InChI=1S/C14H18O2/c1-9(2)11-7-4-8-12(14(11)16)13(15)10-5-3-6-10/h4,7-10,16H,3,5-6H2,1-2H3. The van der Waals surface area contributed by atoms with E-state index in [0.717, 1.165) is 24.8 Å². The predicted molar refractivity (Wildman–Crippen MR) is 63.9 cm³/mol. The number of para-hydroxylation sites is 1. The summed E-state index contributed by atoms with van der Waals surface area (Å²) in [5.41, 5.74) is 1.38. The van der Waals surface area contributed by atoms with Crippen LogP contribution in [0.25, 0.3) is 0 Å². The molecule has 0 bridgehead atoms. The van der Waals surface area contributed by atoms with Crippen LogP contribution in [0.2, 0.25) is 0 Å². The molecule has 1 aliphatic rings. The SMILES string of the molecule is CC(C)c1cccc(C(=O)C2CCC2)c1O. The summed E-state index contributed by atoms with van der Waals surface area (Å²) in [5.74, 6) is 0.697. The predicted octanol–water partition coefficient (Wildman–Crippen LogP) is 3.50. The fourth-order valence-corrected chi connectivity index (χ4v) is 2.12. The van der Waals surface area contributed by atoms with Crippen LogP contribution >= 0.6 is 0 Å². The van der Waals surface area contributed by atoms with E-state index < -0.39 is 0 Å². The second-order valence-corrected chi connectivity index (χ2v) is 4.89. The smallest absolute Gasteiger partial charge is 0.169 e. The minimum atomic E-state index is 0.117. The molecule has 1 aromatic carbocycles. The van der Waals surface area contributed by atoms with Gasteiger partial charge in [0.2, 0.25) is 0 Å². The number of carbonyl (C=O) groups is 1. The number of carbonyl (C=O) groups excluding carboxylic acids is 1. The van der Waals surface area contributed by atoms with Crippen molar-refractivity contribution in [3.63, 3.8) is 0 Å². The minimum absolute atomic E-state index is 0.117. The number of rotatable bonds is 3. The molecule has 0 saturated heterocycles. The fourth-order valence-electron chi connectivity index (χ4n) is 2.12. The first-order chi connectivity index (χ1) is 7.61. The van der Waals surface area contributed by atoms with E-state index in [-0.39, 0.29) is 23.4 Å². The molecule has 0 unspecified atom stereocenters. The van der Waals surface area contributed by atoms with E-state index in [1.165, 1.54) is 0 Å². The molecule has 2 nitrogen and oxygen atoms in total. The lowest BCUT2D eigenvalue weighted by atomic mass is 9.79. The van der Waals surface area contributed by atoms with E-state index in [4.69, 9.17) is 0 Å². The van der Waals surface area contributed by atoms with Gasteiger partial charge in [0, 0.05) is 5.92 Å². The molecule has 1 N–H and O–H groups in total. The minimum Gasteiger partial charge on any atom is -0.507 e. The molecule has 0 radical (unpaired) electrons. The number of ketones is 1. The van der Waals surface area contributed by atoms with Crippen LogP contribution in [0.5, 0.6) is 5.75 Å². The van der Waals surface area contributed by atoms with Gasteiger partial charge in [-0.3, -0.25) is 4.79 Å². The van der Waals surface area contributed by atoms with E-state index >= 15 is 0 Å². The van der Waals surface area contributed by atoms with Crippen molar-refractivity contribution in [1.29, 1.82) is 0 Å². The summed E-state index contributed by atoms with van der Waals surface area (Å²) in [6, 6.07) is 5.49. The van der Waals surface area contributed by atoms with E-state index in [9.17, 15) is 9.90 Å². The zero-order valence-corrected chi connectivity index (χ0v) is 9.86. The third kappa shape index (κ3) is 1.84. The molecule has 1 fully saturated rings. The number of hydrogen-bond acceptors (Lipinski definition) is 2. The lowest BCUT2D eigenvalue weighted by Gasteiger charge is -2.24. The van der Waals surface area contributed by atoms with Crippen LogP contribution in [-0.4, -0.2) is 10.9 Å². The number of hydrogen-bond donors (Lipinski definition) is 1. The first kappa shape index (κ1) is 11.2. The highest BCUT2D eigenvalue weighted by Gasteiger charge is 2.28. The van der Waals surface area contributed by atoms with Gasteiger partial charge < -0.3 is 5.11 Å². The molecule has 2 heteroatoms. The third-order valence-electron chi connectivity index (χ3n) is 3.43. The Labute approximate surface area is 96.3 Å². The number of aromatic hydroxyl groups is 1. The van der Waals surface area contributed by atoms with Crippen molar-refractivity contribution < 1.29 is 9.90 Å². The van der Waals surface area contributed by atoms with Crippen molar-refractivity contribution in [3.8, 4) is 5.75 Å². The molecule has 1 aliphatic carbocycles. The van der Waals surface area contributed by atoms with E-state index in [1.54, 1.807) is 6.07 Å². The van der Waals surface area contributed by atoms with Gasteiger partial charge in [-0.05, 0) is 30.4 Å². The quantitative estimate of drug-likeness (QED) is 0.788. The van der Waals surface area contributed by atoms with E-state index in [1.807, 2.05) is 26.0 Å². The van der Waals surface area contributed by atoms with Crippen LogP contribution in [0, 0.1) is 5.92 Å². The largest absolute Gasteiger partial charge is 0.507 e. The second-order valence-electron chi connectivity index (χ2n) is 4.89. The molecule has 0 spiro atoms. The van der Waals surface area contributed by atoms with Gasteiger partial charge in [-0.1, -0.05) is 32.4 Å². The Morgan fingerprint density at radius 1 is 1.38 bits per heavy atom. The molecule has 0 amide bonds. The Morgan fingerprint density at radius 3 is 2.56 bits per heavy atom. The van der Waals surface area contributed by atoms with Crippen LogP contribution in [0.15, 0.2) is 18.2 Å². The molecule has 1 saturated carbocycles. The van der Waals surface area contributed by atoms with Crippen molar-refractivity contribution in [2.45, 2.75) is 39.0 Å². The summed E-state index contributed by atoms with van der Waals surface area (Å²) < 4.78 is 0. The third-order valence-corrected chi connectivity index (χ3v) is 3.43. The highest BCUT2D eigenvalue weighted by atomic mass is 16.3. The van der Waals surface area contributed by atoms with Crippen LogP contribution in [0.4, 0.5) is 0 Å². The van der Waals surface area contributed by atoms with Crippen LogP contribution in [-0.2, 0) is 0 Å². The maximum absolute atomic E-state index is 12.1. The summed E-state index contributed by atoms with van der Waals surface area (Å²) in [4.78, 5) is 12.1. The molecule has 86 valence electrons. The normalized spacial score (nSPS) is 16.2. The summed E-state index contributed by atoms with van der Waals surface area (Å²) in [5, 5.41) is 10.1. The number of Topliss-reactive ketones (excluding diaryl/α,β-unsaturated/α-hetero) is 1. The first-order valence-corrected chi connectivity index (χ1v) is 5.97. The lowest BCUT2D eigenvalue weighted by Crippen LogP contribution is -2.22. The molecular formula is C14H18O2. The Kier molecular flexibility index (Phi) is 2.99. The van der Waals surface area contributed by atoms with Gasteiger partial charge in [0.25, 0.3) is 0 Å². The molecule has 0 heterocycles. The molecule has 2 rings (SSSR count). The van der Waals surface area contributed by atoms with Gasteiger partial charge in [-0.15, -0.1) is 0 Å². The average Bonchev–Trinajstić information content (AvgIpc) is 2.14. The van der Waals surface area contributed by atoms with E-state index in [0.29, 0.717) is 5.56 Å². The number of phenolic OH excluding ortho intramolecular Hbond substituents is 1. The summed E-state index contributed by atoms with van der Waals surface area (Å²) in [6.45, 7) is 4.04. The molecule has 0 atom stereocenters. The van der Waals surface area contributed by atoms with Gasteiger partial charge in [-0.25, -0.2) is 0 Å². The summed E-state index contributed by atoms with van der Waals surface area (Å²) in [7, 11) is 0. The lowest BCUT2D eigenvalue weighted by molar-refractivity contribution is 0.0852. The highest BCUT2D eigenvalue weighted by molar-refractivity contribution is 6.01. The fraction of sp³-hybridized carbons (Fsp3) is 0.500. The van der Waals surface area contributed by atoms with Gasteiger partial charge >= 0.3 is 0 Å². The van der Waals surface area contributed by atoms with Crippen LogP contribution in [0.1, 0.15) is 54.9 Å². The topological polar surface area (TPSA) is 37.3 Å². The zero-order valence-electron chi connectivity index (χ0n) is 9.86. The summed E-state index contributed by atoms with van der Waals surface area (Å²) in [6.07, 6.45) is 3.09. The second kappa shape index (κ2) is 4.28. The van der Waals surface area contributed by atoms with Crippen molar-refractivity contribution in [2.75, 3.05) is 0 Å². The molecule has 16 heavy (non-hydrogen) atoms. The molecule has 1 aromatic rings. The van der Waals surface area contributed by atoms with Crippen molar-refractivity contribution in [3.05, 3.63) is 29.3 Å². The number of benzene rings is 1. The Hall–Kier alpha value is -1.31. The average molecular weight is 218 g/mol. The zero-order chi connectivity index (χ0) is 11.7. The van der Waals surface area contributed by atoms with Crippen molar-refractivity contribution in [2.24, 2.45) is 5.92 Å².